The van der Waals surface area contributed by atoms with Crippen molar-refractivity contribution < 1.29 is 85.6 Å². The molecule has 362 valence electrons. The number of ether oxygens (including phenoxy) is 1. The molecule has 0 saturated carbocycles. The van der Waals surface area contributed by atoms with Crippen molar-refractivity contribution in [2.75, 3.05) is 37.8 Å². The van der Waals surface area contributed by atoms with Gasteiger partial charge in [0.1, 0.15) is 36.3 Å². The standard InChI is InChI=1S/C35H58N7O18P3S/c1-4-5-6-7-8-9-10-11-12-13-23(43)18-26(45)64-17-16-37-25(44)14-15-38-33(48)30(47)35(2,3)20-57-63(54,55)60-62(52,53)56-19-24-29(59-61(49,50)51)28(46)34(58-24)42-22-41-27-31(36)39-21-40-32(27)42/h9-12,21-24,28-30,34,43,46-47H,4-8,13-20H2,1-3H3,(H,37,44)(H,38,48)(H,52,53)(H,54,55)(H2,36,39,40)(H2,49,50,51)/p-4/b10-9+,12-11-/t23-,24-,28-,29-,30+,34-/m1/s1. The second-order valence-corrected chi connectivity index (χ2v) is 20.2. The zero-order valence-corrected chi connectivity index (χ0v) is 38.7. The van der Waals surface area contributed by atoms with Gasteiger partial charge < -0.3 is 74.1 Å². The fraction of sp³-hybridized carbons (Fsp3) is 0.657. The van der Waals surface area contributed by atoms with Gasteiger partial charge in [0.15, 0.2) is 22.8 Å². The summed E-state index contributed by atoms with van der Waals surface area (Å²) < 4.78 is 60.7. The molecule has 3 rings (SSSR count). The minimum absolute atomic E-state index is 0.0264. The summed E-state index contributed by atoms with van der Waals surface area (Å²) in [5.74, 6) is -1.38. The van der Waals surface area contributed by atoms with E-state index < -0.39 is 90.7 Å². The predicted octanol–water partition coefficient (Wildman–Crippen LogP) is -0.639. The highest BCUT2D eigenvalue weighted by Gasteiger charge is 2.47. The zero-order chi connectivity index (χ0) is 47.7. The van der Waals surface area contributed by atoms with E-state index in [4.69, 9.17) is 10.5 Å². The van der Waals surface area contributed by atoms with E-state index in [9.17, 15) is 63.0 Å². The number of nitrogens with zero attached hydrogens (tertiary/aromatic N) is 4. The number of amides is 2. The molecule has 2 amide bonds. The molecule has 7 N–H and O–H groups in total. The average Bonchev–Trinajstić information content (AvgIpc) is 3.76. The van der Waals surface area contributed by atoms with Crippen LogP contribution in [0.1, 0.15) is 78.4 Å². The number of nitrogens with one attached hydrogen (secondary N) is 2. The fourth-order valence-electron chi connectivity index (χ4n) is 5.78. The Kier molecular flexibility index (Phi) is 22.3. The number of unbranched alkanes of at least 4 members (excludes halogenated alkanes) is 4. The Morgan fingerprint density at radius 2 is 1.72 bits per heavy atom. The summed E-state index contributed by atoms with van der Waals surface area (Å²) in [6, 6.07) is 0. The average molecular weight is 986 g/mol. The van der Waals surface area contributed by atoms with Gasteiger partial charge in [0.2, 0.25) is 11.8 Å². The normalized spacial score (nSPS) is 21.2. The summed E-state index contributed by atoms with van der Waals surface area (Å²) >= 11 is 0.945. The maximum Gasteiger partial charge on any atom is 0.274 e. The van der Waals surface area contributed by atoms with Crippen molar-refractivity contribution in [1.29, 1.82) is 0 Å². The first-order valence-electron chi connectivity index (χ1n) is 19.9. The Balaban J connectivity index is 1.38. The molecule has 8 atom stereocenters. The summed E-state index contributed by atoms with van der Waals surface area (Å²) in [4.78, 5) is 96.6. The van der Waals surface area contributed by atoms with Crippen molar-refractivity contribution in [2.24, 2.45) is 5.41 Å². The van der Waals surface area contributed by atoms with E-state index in [1.165, 1.54) is 33.1 Å². The minimum atomic E-state index is -5.93. The molecule has 0 radical (unpaired) electrons. The Bertz CT molecular complexity index is 2060. The van der Waals surface area contributed by atoms with Crippen LogP contribution in [0.25, 0.3) is 11.2 Å². The molecule has 0 aliphatic carbocycles. The molecule has 2 aromatic rings. The maximum atomic E-state index is 12.6. The fourth-order valence-corrected chi connectivity index (χ4v) is 9.26. The molecule has 2 aromatic heterocycles. The Hall–Kier alpha value is -3.00. The van der Waals surface area contributed by atoms with Gasteiger partial charge in [-0.05, 0) is 19.3 Å². The van der Waals surface area contributed by atoms with Gasteiger partial charge >= 0.3 is 0 Å². The number of hydrogen-bond donors (Lipinski definition) is 6. The highest BCUT2D eigenvalue weighted by Crippen LogP contribution is 2.56. The van der Waals surface area contributed by atoms with Crippen LogP contribution in [0.15, 0.2) is 37.0 Å². The third-order valence-corrected chi connectivity index (χ3v) is 13.1. The van der Waals surface area contributed by atoms with E-state index in [2.05, 4.69) is 56.5 Å². The number of imidazole rings is 1. The number of phosphoric acid groups is 3. The van der Waals surface area contributed by atoms with Crippen LogP contribution in [0.2, 0.25) is 0 Å². The van der Waals surface area contributed by atoms with Gasteiger partial charge in [0.05, 0.1) is 33.5 Å². The highest BCUT2D eigenvalue weighted by atomic mass is 32.2. The molecule has 0 bridgehead atoms. The summed E-state index contributed by atoms with van der Waals surface area (Å²) in [5.41, 5.74) is 4.04. The van der Waals surface area contributed by atoms with Crippen LogP contribution in [-0.2, 0) is 50.7 Å². The number of allylic oxidation sites excluding steroid dienone is 3. The monoisotopic (exact) mass is 985 g/mol. The first-order chi connectivity index (χ1) is 29.9. The van der Waals surface area contributed by atoms with Gasteiger partial charge in [-0.3, -0.25) is 28.1 Å². The second kappa shape index (κ2) is 25.8. The molecule has 2 unspecified atom stereocenters. The summed E-state index contributed by atoms with van der Waals surface area (Å²) in [7, 11) is -17.6. The van der Waals surface area contributed by atoms with E-state index in [1.807, 2.05) is 12.2 Å². The molecule has 0 spiro atoms. The van der Waals surface area contributed by atoms with Gasteiger partial charge in [-0.2, -0.15) is 0 Å². The number of carbonyl (C=O) groups is 3. The summed E-state index contributed by atoms with van der Waals surface area (Å²) in [6.45, 7) is 2.10. The van der Waals surface area contributed by atoms with Crippen molar-refractivity contribution in [3.63, 3.8) is 0 Å². The third-order valence-electron chi connectivity index (χ3n) is 9.16. The van der Waals surface area contributed by atoms with E-state index in [0.29, 0.717) is 6.42 Å². The van der Waals surface area contributed by atoms with Crippen molar-refractivity contribution in [3.8, 4) is 0 Å². The largest absolute Gasteiger partial charge is 0.790 e. The molecule has 29 heteroatoms. The lowest BCUT2D eigenvalue weighted by Crippen LogP contribution is -2.46. The Morgan fingerprint density at radius 1 is 1.02 bits per heavy atom. The number of hydrogen-bond acceptors (Lipinski definition) is 23. The SMILES string of the molecule is CCCCCC/C=C/C=C\C[C@@H](O)CC(=O)SCCNC(=O)CCNC(=O)[C@H](O)C(C)(C)COP(=O)([O-])OP(=O)([O-])OC[C@H]1O[C@@H](n2cnc3c(N)ncnc32)[C@H](O)[C@@H]1OP(=O)([O-])[O-]. The number of nitrogens with two attached hydrogens (primary N) is 1. The minimum Gasteiger partial charge on any atom is -0.790 e. The van der Waals surface area contributed by atoms with Gasteiger partial charge in [0.25, 0.3) is 15.6 Å². The smallest absolute Gasteiger partial charge is 0.274 e. The van der Waals surface area contributed by atoms with Crippen LogP contribution < -0.4 is 35.9 Å². The maximum absolute atomic E-state index is 12.6. The zero-order valence-electron chi connectivity index (χ0n) is 35.2. The molecule has 0 aromatic carbocycles. The highest BCUT2D eigenvalue weighted by molar-refractivity contribution is 8.13. The molecule has 1 saturated heterocycles. The number of nitrogen functional groups attached to an aromatic ring is 1. The number of aliphatic hydroxyl groups is 3. The number of rotatable bonds is 29. The number of phosphoric ester groups is 3. The molecule has 1 aliphatic heterocycles. The molecular formula is C35H54N7O18P3S-4. The van der Waals surface area contributed by atoms with Gasteiger partial charge in [-0.1, -0.05) is 76.1 Å². The number of aromatic nitrogens is 4. The third kappa shape index (κ3) is 19.1. The lowest BCUT2D eigenvalue weighted by molar-refractivity contribution is -0.347. The Labute approximate surface area is 373 Å². The van der Waals surface area contributed by atoms with Crippen molar-refractivity contribution >= 4 is 69.1 Å². The van der Waals surface area contributed by atoms with Crippen LogP contribution in [0.5, 0.6) is 0 Å². The van der Waals surface area contributed by atoms with Crippen molar-refractivity contribution in [1.82, 2.24) is 30.2 Å². The summed E-state index contributed by atoms with van der Waals surface area (Å²) in [5, 5.41) is 36.1. The topological polar surface area (TPSA) is 395 Å². The number of aliphatic hydroxyl groups excluding tert-OH is 3. The van der Waals surface area contributed by atoms with Crippen LogP contribution in [0.3, 0.4) is 0 Å². The van der Waals surface area contributed by atoms with E-state index in [1.54, 1.807) is 6.08 Å². The van der Waals surface area contributed by atoms with Crippen LogP contribution in [0, 0.1) is 5.41 Å². The lowest BCUT2D eigenvalue weighted by Gasteiger charge is -2.36. The summed E-state index contributed by atoms with van der Waals surface area (Å²) in [6.07, 6.45) is 5.04. The second-order valence-electron chi connectivity index (χ2n) is 15.0. The quantitative estimate of drug-likeness (QED) is 0.0335. The first-order valence-corrected chi connectivity index (χ1v) is 25.3. The predicted molar refractivity (Wildman–Crippen MR) is 221 cm³/mol. The molecule has 1 fully saturated rings. The molecule has 25 nitrogen and oxygen atoms in total. The molecule has 3 heterocycles. The van der Waals surface area contributed by atoms with Crippen LogP contribution in [0.4, 0.5) is 5.82 Å². The van der Waals surface area contributed by atoms with Gasteiger partial charge in [-0.25, -0.2) is 19.3 Å². The van der Waals surface area contributed by atoms with Crippen LogP contribution in [-0.4, -0.2) is 114 Å². The van der Waals surface area contributed by atoms with Crippen molar-refractivity contribution in [3.05, 3.63) is 37.0 Å². The first kappa shape index (κ1) is 55.3. The van der Waals surface area contributed by atoms with Crippen LogP contribution >= 0.6 is 35.2 Å². The number of anilines is 1. The molecule has 64 heavy (non-hydrogen) atoms. The number of fused-ring (bicyclic) bond motifs is 1. The molecular weight excluding hydrogens is 931 g/mol. The number of carbonyl (C=O) groups excluding carboxylic acids is 3. The molecule has 1 aliphatic rings. The van der Waals surface area contributed by atoms with Crippen molar-refractivity contribution in [2.45, 2.75) is 109 Å². The van der Waals surface area contributed by atoms with E-state index in [0.717, 1.165) is 41.8 Å². The number of thioether (sulfide) groups is 1. The Morgan fingerprint density at radius 3 is 2.42 bits per heavy atom. The van der Waals surface area contributed by atoms with Gasteiger partial charge in [-0.15, -0.1) is 0 Å². The van der Waals surface area contributed by atoms with Gasteiger partial charge in [0, 0.05) is 37.1 Å². The van der Waals surface area contributed by atoms with E-state index in [-0.39, 0.29) is 53.8 Å². The van der Waals surface area contributed by atoms with E-state index >= 15 is 0 Å². The lowest BCUT2D eigenvalue weighted by atomic mass is 9.87.